The maximum atomic E-state index is 9.26. The molecule has 6 N–H and O–H groups in total. The number of imidazole rings is 1. The quantitative estimate of drug-likeness (QED) is 0.575. The lowest BCUT2D eigenvalue weighted by Crippen LogP contribution is -2.14. The lowest BCUT2D eigenvalue weighted by molar-refractivity contribution is 0.475. The van der Waals surface area contributed by atoms with Gasteiger partial charge in [0.05, 0.1) is 11.6 Å². The van der Waals surface area contributed by atoms with Crippen LogP contribution in [-0.2, 0) is 6.42 Å². The highest BCUT2D eigenvalue weighted by Gasteiger charge is 2.13. The Morgan fingerprint density at radius 2 is 1.85 bits per heavy atom. The van der Waals surface area contributed by atoms with Crippen molar-refractivity contribution in [3.05, 3.63) is 47.8 Å². The summed E-state index contributed by atoms with van der Waals surface area (Å²) < 4.78 is 0. The molecule has 0 aliphatic heterocycles. The fourth-order valence-corrected chi connectivity index (χ4v) is 2.08. The smallest absolute Gasteiger partial charge is 0.179 e. The molecule has 1 unspecified atom stereocenters. The first-order chi connectivity index (χ1) is 9.61. The Kier molecular flexibility index (Phi) is 3.00. The van der Waals surface area contributed by atoms with Gasteiger partial charge in [-0.3, -0.25) is 0 Å². The second-order valence-corrected chi connectivity index (χ2v) is 4.71. The van der Waals surface area contributed by atoms with E-state index in [1.807, 2.05) is 18.2 Å². The van der Waals surface area contributed by atoms with Gasteiger partial charge in [0.2, 0.25) is 0 Å². The van der Waals surface area contributed by atoms with E-state index in [4.69, 9.17) is 11.5 Å². The van der Waals surface area contributed by atoms with Crippen molar-refractivity contribution in [1.29, 1.82) is 0 Å². The summed E-state index contributed by atoms with van der Waals surface area (Å²) in [6.07, 6.45) is 0.621. The molecule has 1 atom stereocenters. The summed E-state index contributed by atoms with van der Waals surface area (Å²) in [5.41, 5.74) is 14.2. The van der Waals surface area contributed by atoms with Gasteiger partial charge in [-0.1, -0.05) is 12.1 Å². The van der Waals surface area contributed by atoms with E-state index in [0.29, 0.717) is 23.7 Å². The molecule has 102 valence electrons. The lowest BCUT2D eigenvalue weighted by atomic mass is 10.1. The van der Waals surface area contributed by atoms with Gasteiger partial charge in [-0.05, 0) is 36.2 Å². The van der Waals surface area contributed by atoms with Crippen LogP contribution in [0.1, 0.15) is 17.4 Å². The maximum absolute atomic E-state index is 9.26. The highest BCUT2D eigenvalue weighted by atomic mass is 16.3. The molecule has 3 rings (SSSR count). The van der Waals surface area contributed by atoms with Gasteiger partial charge < -0.3 is 21.6 Å². The van der Waals surface area contributed by atoms with E-state index in [-0.39, 0.29) is 11.8 Å². The van der Waals surface area contributed by atoms with Crippen LogP contribution in [0.3, 0.4) is 0 Å². The third kappa shape index (κ3) is 2.41. The van der Waals surface area contributed by atoms with Crippen molar-refractivity contribution < 1.29 is 5.11 Å². The van der Waals surface area contributed by atoms with Crippen molar-refractivity contribution in [1.82, 2.24) is 15.0 Å². The number of hydrogen-bond acceptors (Lipinski definition) is 5. The number of aromatic amines is 1. The number of H-pyrrole nitrogens is 1. The first-order valence-corrected chi connectivity index (χ1v) is 6.27. The van der Waals surface area contributed by atoms with Gasteiger partial charge >= 0.3 is 0 Å². The zero-order valence-electron chi connectivity index (χ0n) is 10.7. The molecular weight excluding hydrogens is 254 g/mol. The number of anilines is 1. The van der Waals surface area contributed by atoms with Gasteiger partial charge in [0, 0.05) is 0 Å². The minimum atomic E-state index is -0.269. The molecule has 0 amide bonds. The standard InChI is InChI=1S/C14H15N5O/c15-10(7-8-1-3-9(20)4-2-8)13-17-11-5-6-12(16)18-14(11)19-13/h1-6,10,20H,7,15H2,(H3,16,17,18,19). The van der Waals surface area contributed by atoms with Crippen LogP contribution < -0.4 is 11.5 Å². The second-order valence-electron chi connectivity index (χ2n) is 4.71. The predicted molar refractivity (Wildman–Crippen MR) is 77.0 cm³/mol. The number of pyridine rings is 1. The molecule has 0 saturated carbocycles. The number of fused-ring (bicyclic) bond motifs is 1. The molecule has 0 radical (unpaired) electrons. The molecule has 2 aromatic heterocycles. The largest absolute Gasteiger partial charge is 0.508 e. The van der Waals surface area contributed by atoms with Gasteiger partial charge in [0.25, 0.3) is 0 Å². The summed E-state index contributed by atoms with van der Waals surface area (Å²) in [6.45, 7) is 0. The number of aromatic nitrogens is 3. The molecule has 20 heavy (non-hydrogen) atoms. The Labute approximate surface area is 115 Å². The Morgan fingerprint density at radius 1 is 1.10 bits per heavy atom. The van der Waals surface area contributed by atoms with Crippen molar-refractivity contribution in [2.75, 3.05) is 5.73 Å². The number of nitrogen functional groups attached to an aromatic ring is 1. The Bertz CT molecular complexity index is 735. The summed E-state index contributed by atoms with van der Waals surface area (Å²) in [4.78, 5) is 11.7. The van der Waals surface area contributed by atoms with E-state index in [2.05, 4.69) is 15.0 Å². The number of aromatic hydroxyl groups is 1. The zero-order chi connectivity index (χ0) is 14.1. The molecule has 0 fully saturated rings. The normalized spacial score (nSPS) is 12.7. The van der Waals surface area contributed by atoms with Crippen LogP contribution >= 0.6 is 0 Å². The van der Waals surface area contributed by atoms with Crippen LogP contribution in [0.25, 0.3) is 11.2 Å². The highest BCUT2D eigenvalue weighted by Crippen LogP contribution is 2.19. The molecule has 2 heterocycles. The third-order valence-electron chi connectivity index (χ3n) is 3.13. The van der Waals surface area contributed by atoms with Crippen molar-refractivity contribution in [2.24, 2.45) is 5.73 Å². The monoisotopic (exact) mass is 269 g/mol. The summed E-state index contributed by atoms with van der Waals surface area (Å²) in [6, 6.07) is 10.3. The lowest BCUT2D eigenvalue weighted by Gasteiger charge is -2.08. The number of hydrogen-bond donors (Lipinski definition) is 4. The molecule has 0 saturated heterocycles. The molecule has 0 spiro atoms. The second kappa shape index (κ2) is 4.82. The van der Waals surface area contributed by atoms with Crippen molar-refractivity contribution in [3.63, 3.8) is 0 Å². The molecule has 6 nitrogen and oxygen atoms in total. The molecule has 0 bridgehead atoms. The van der Waals surface area contributed by atoms with Crippen LogP contribution in [0.15, 0.2) is 36.4 Å². The van der Waals surface area contributed by atoms with Gasteiger partial charge in [-0.15, -0.1) is 0 Å². The number of phenols is 1. The van der Waals surface area contributed by atoms with Crippen LogP contribution in [0.4, 0.5) is 5.82 Å². The van der Waals surface area contributed by atoms with Crippen LogP contribution in [-0.4, -0.2) is 20.1 Å². The third-order valence-corrected chi connectivity index (χ3v) is 3.13. The van der Waals surface area contributed by atoms with E-state index in [9.17, 15) is 5.11 Å². The SMILES string of the molecule is Nc1ccc2[nH]c(C(N)Cc3ccc(O)cc3)nc2n1. The number of phenolic OH excluding ortho intramolecular Hbond substituents is 1. The molecule has 1 aromatic carbocycles. The molecule has 0 aliphatic rings. The van der Waals surface area contributed by atoms with Crippen molar-refractivity contribution in [3.8, 4) is 5.75 Å². The maximum Gasteiger partial charge on any atom is 0.179 e. The summed E-state index contributed by atoms with van der Waals surface area (Å²) >= 11 is 0. The van der Waals surface area contributed by atoms with Crippen LogP contribution in [0.2, 0.25) is 0 Å². The van der Waals surface area contributed by atoms with Crippen LogP contribution in [0, 0.1) is 0 Å². The summed E-state index contributed by atoms with van der Waals surface area (Å²) in [5, 5.41) is 9.26. The van der Waals surface area contributed by atoms with Gasteiger partial charge in [0.1, 0.15) is 17.4 Å². The van der Waals surface area contributed by atoms with Crippen molar-refractivity contribution in [2.45, 2.75) is 12.5 Å². The topological polar surface area (TPSA) is 114 Å². The fourth-order valence-electron chi connectivity index (χ4n) is 2.08. The minimum absolute atomic E-state index is 0.241. The molecule has 6 heteroatoms. The minimum Gasteiger partial charge on any atom is -0.508 e. The van der Waals surface area contributed by atoms with Gasteiger partial charge in [-0.25, -0.2) is 9.97 Å². The fraction of sp³-hybridized carbons (Fsp3) is 0.143. The molecular formula is C14H15N5O. The Morgan fingerprint density at radius 3 is 2.60 bits per heavy atom. The zero-order valence-corrected chi connectivity index (χ0v) is 10.7. The number of benzene rings is 1. The van der Waals surface area contributed by atoms with Gasteiger partial charge in [-0.2, -0.15) is 0 Å². The first kappa shape index (κ1) is 12.4. The van der Waals surface area contributed by atoms with E-state index in [1.165, 1.54) is 0 Å². The number of nitrogens with two attached hydrogens (primary N) is 2. The van der Waals surface area contributed by atoms with E-state index < -0.39 is 0 Å². The number of rotatable bonds is 3. The van der Waals surface area contributed by atoms with Crippen LogP contribution in [0.5, 0.6) is 5.75 Å². The van der Waals surface area contributed by atoms with Gasteiger partial charge in [0.15, 0.2) is 5.65 Å². The highest BCUT2D eigenvalue weighted by molar-refractivity contribution is 5.72. The average Bonchev–Trinajstić information content (AvgIpc) is 2.84. The number of nitrogens with zero attached hydrogens (tertiary/aromatic N) is 2. The van der Waals surface area contributed by atoms with E-state index >= 15 is 0 Å². The number of nitrogens with one attached hydrogen (secondary N) is 1. The molecule has 0 aliphatic carbocycles. The average molecular weight is 269 g/mol. The summed E-state index contributed by atoms with van der Waals surface area (Å²) in [7, 11) is 0. The first-order valence-electron chi connectivity index (χ1n) is 6.27. The van der Waals surface area contributed by atoms with Crippen molar-refractivity contribution >= 4 is 17.0 Å². The Balaban J connectivity index is 1.84. The molecule has 3 aromatic rings. The van der Waals surface area contributed by atoms with E-state index in [0.717, 1.165) is 11.1 Å². The summed E-state index contributed by atoms with van der Waals surface area (Å²) in [5.74, 6) is 1.35. The Hall–Kier alpha value is -2.60. The predicted octanol–water partition coefficient (Wildman–Crippen LogP) is 1.49. The van der Waals surface area contributed by atoms with E-state index in [1.54, 1.807) is 18.2 Å².